The molecule has 1 saturated carbocycles. The summed E-state index contributed by atoms with van der Waals surface area (Å²) in [6.45, 7) is 2.10. The molecule has 2 rings (SSSR count). The summed E-state index contributed by atoms with van der Waals surface area (Å²) in [6, 6.07) is 7.02. The Balaban J connectivity index is 2.01. The van der Waals surface area contributed by atoms with Crippen molar-refractivity contribution < 1.29 is 9.59 Å². The quantitative estimate of drug-likeness (QED) is 0.829. The van der Waals surface area contributed by atoms with Gasteiger partial charge in [-0.15, -0.1) is 0 Å². The number of hydrogen-bond acceptors (Lipinski definition) is 3. The molecule has 2 unspecified atom stereocenters. The fourth-order valence-corrected chi connectivity index (χ4v) is 2.86. The molecule has 0 saturated heterocycles. The van der Waals surface area contributed by atoms with E-state index in [9.17, 15) is 9.59 Å². The van der Waals surface area contributed by atoms with Gasteiger partial charge in [0, 0.05) is 17.2 Å². The predicted molar refractivity (Wildman–Crippen MR) is 79.6 cm³/mol. The molecule has 1 amide bonds. The van der Waals surface area contributed by atoms with Crippen molar-refractivity contribution in [3.05, 3.63) is 29.8 Å². The van der Waals surface area contributed by atoms with E-state index >= 15 is 0 Å². The van der Waals surface area contributed by atoms with Crippen molar-refractivity contribution >= 4 is 17.4 Å². The second-order valence-electron chi connectivity index (χ2n) is 5.51. The minimum Gasteiger partial charge on any atom is -0.330 e. The summed E-state index contributed by atoms with van der Waals surface area (Å²) in [5, 5.41) is 2.94. The summed E-state index contributed by atoms with van der Waals surface area (Å²) >= 11 is 0. The van der Waals surface area contributed by atoms with Crippen molar-refractivity contribution in [1.82, 2.24) is 0 Å². The zero-order valence-electron chi connectivity index (χ0n) is 11.9. The molecule has 0 heterocycles. The highest BCUT2D eigenvalue weighted by Crippen LogP contribution is 2.30. The van der Waals surface area contributed by atoms with E-state index in [-0.39, 0.29) is 17.6 Å². The SMILES string of the molecule is CC(=O)c1ccc(NC(=O)C2CCCCC2CN)cc1. The first kappa shape index (κ1) is 14.7. The van der Waals surface area contributed by atoms with Crippen LogP contribution >= 0.6 is 0 Å². The summed E-state index contributed by atoms with van der Waals surface area (Å²) in [6.07, 6.45) is 4.22. The molecule has 1 aromatic carbocycles. The molecule has 1 aliphatic rings. The normalized spacial score (nSPS) is 22.3. The van der Waals surface area contributed by atoms with Crippen molar-refractivity contribution in [1.29, 1.82) is 0 Å². The maximum absolute atomic E-state index is 12.3. The number of anilines is 1. The minimum atomic E-state index is 0.0150. The lowest BCUT2D eigenvalue weighted by Gasteiger charge is -2.29. The average molecular weight is 274 g/mol. The van der Waals surface area contributed by atoms with E-state index < -0.39 is 0 Å². The largest absolute Gasteiger partial charge is 0.330 e. The first-order valence-corrected chi connectivity index (χ1v) is 7.23. The minimum absolute atomic E-state index is 0.0150. The summed E-state index contributed by atoms with van der Waals surface area (Å²) in [7, 11) is 0. The van der Waals surface area contributed by atoms with E-state index in [1.807, 2.05) is 0 Å². The third kappa shape index (κ3) is 3.45. The number of Topliss-reactive ketones (excluding diaryl/α,β-unsaturated/α-hetero) is 1. The maximum atomic E-state index is 12.3. The summed E-state index contributed by atoms with van der Waals surface area (Å²) in [5.41, 5.74) is 7.15. The zero-order valence-corrected chi connectivity index (χ0v) is 11.9. The average Bonchev–Trinajstić information content (AvgIpc) is 2.47. The second-order valence-corrected chi connectivity index (χ2v) is 5.51. The first-order valence-electron chi connectivity index (χ1n) is 7.23. The fraction of sp³-hybridized carbons (Fsp3) is 0.500. The standard InChI is InChI=1S/C16H22N2O2/c1-11(19)12-6-8-14(9-7-12)18-16(20)15-5-3-2-4-13(15)10-17/h6-9,13,15H,2-5,10,17H2,1H3,(H,18,20). The monoisotopic (exact) mass is 274 g/mol. The number of benzene rings is 1. The van der Waals surface area contributed by atoms with Crippen LogP contribution in [0.2, 0.25) is 0 Å². The van der Waals surface area contributed by atoms with Gasteiger partial charge in [-0.25, -0.2) is 0 Å². The van der Waals surface area contributed by atoms with Gasteiger partial charge in [0.15, 0.2) is 5.78 Å². The van der Waals surface area contributed by atoms with Gasteiger partial charge in [0.2, 0.25) is 5.91 Å². The molecule has 1 aromatic rings. The molecule has 4 nitrogen and oxygen atoms in total. The van der Waals surface area contributed by atoms with Crippen LogP contribution in [-0.4, -0.2) is 18.2 Å². The fourth-order valence-electron chi connectivity index (χ4n) is 2.86. The van der Waals surface area contributed by atoms with Gasteiger partial charge in [-0.05, 0) is 56.5 Å². The molecular weight excluding hydrogens is 252 g/mol. The number of rotatable bonds is 4. The number of nitrogens with one attached hydrogen (secondary N) is 1. The molecule has 0 aromatic heterocycles. The van der Waals surface area contributed by atoms with Crippen molar-refractivity contribution in [2.24, 2.45) is 17.6 Å². The Morgan fingerprint density at radius 2 is 1.85 bits per heavy atom. The molecule has 0 bridgehead atoms. The lowest BCUT2D eigenvalue weighted by atomic mass is 9.78. The van der Waals surface area contributed by atoms with Crippen LogP contribution in [-0.2, 0) is 4.79 Å². The molecule has 3 N–H and O–H groups in total. The van der Waals surface area contributed by atoms with Crippen LogP contribution in [0.5, 0.6) is 0 Å². The summed E-state index contributed by atoms with van der Waals surface area (Å²) in [4.78, 5) is 23.5. The van der Waals surface area contributed by atoms with Gasteiger partial charge in [-0.1, -0.05) is 12.8 Å². The van der Waals surface area contributed by atoms with Crippen molar-refractivity contribution in [2.75, 3.05) is 11.9 Å². The number of carbonyl (C=O) groups excluding carboxylic acids is 2. The van der Waals surface area contributed by atoms with Crippen molar-refractivity contribution in [3.63, 3.8) is 0 Å². The Bertz CT molecular complexity index is 482. The molecule has 20 heavy (non-hydrogen) atoms. The molecule has 1 aliphatic carbocycles. The number of nitrogens with two attached hydrogens (primary N) is 1. The van der Waals surface area contributed by atoms with Crippen LogP contribution in [0.3, 0.4) is 0 Å². The molecule has 1 fully saturated rings. The second kappa shape index (κ2) is 6.66. The van der Waals surface area contributed by atoms with Crippen LogP contribution in [0.4, 0.5) is 5.69 Å². The highest BCUT2D eigenvalue weighted by Gasteiger charge is 2.29. The van der Waals surface area contributed by atoms with Gasteiger partial charge < -0.3 is 11.1 Å². The highest BCUT2D eigenvalue weighted by atomic mass is 16.2. The molecule has 4 heteroatoms. The van der Waals surface area contributed by atoms with Crippen molar-refractivity contribution in [2.45, 2.75) is 32.6 Å². The van der Waals surface area contributed by atoms with E-state index in [1.165, 1.54) is 13.3 Å². The third-order valence-corrected chi connectivity index (χ3v) is 4.11. The molecule has 0 spiro atoms. The van der Waals surface area contributed by atoms with Crippen LogP contribution in [0.25, 0.3) is 0 Å². The predicted octanol–water partition coefficient (Wildman–Crippen LogP) is 2.59. The Kier molecular flexibility index (Phi) is 4.90. The lowest BCUT2D eigenvalue weighted by molar-refractivity contribution is -0.122. The van der Waals surface area contributed by atoms with Crippen LogP contribution in [0.15, 0.2) is 24.3 Å². The van der Waals surface area contributed by atoms with E-state index in [1.54, 1.807) is 24.3 Å². The molecular formula is C16H22N2O2. The molecule has 2 atom stereocenters. The van der Waals surface area contributed by atoms with Gasteiger partial charge in [0.05, 0.1) is 0 Å². The zero-order chi connectivity index (χ0) is 14.5. The summed E-state index contributed by atoms with van der Waals surface area (Å²) in [5.74, 6) is 0.385. The first-order chi connectivity index (χ1) is 9.61. The van der Waals surface area contributed by atoms with Crippen LogP contribution in [0.1, 0.15) is 43.0 Å². The topological polar surface area (TPSA) is 72.2 Å². The van der Waals surface area contributed by atoms with E-state index in [2.05, 4.69) is 5.32 Å². The van der Waals surface area contributed by atoms with E-state index in [0.29, 0.717) is 18.0 Å². The Morgan fingerprint density at radius 3 is 2.45 bits per heavy atom. The van der Waals surface area contributed by atoms with Crippen LogP contribution < -0.4 is 11.1 Å². The Labute approximate surface area is 119 Å². The molecule has 0 radical (unpaired) electrons. The number of carbonyl (C=O) groups is 2. The Hall–Kier alpha value is -1.68. The summed E-state index contributed by atoms with van der Waals surface area (Å²) < 4.78 is 0. The lowest BCUT2D eigenvalue weighted by Crippen LogP contribution is -2.35. The maximum Gasteiger partial charge on any atom is 0.227 e. The highest BCUT2D eigenvalue weighted by molar-refractivity contribution is 5.96. The van der Waals surface area contributed by atoms with E-state index in [4.69, 9.17) is 5.73 Å². The van der Waals surface area contributed by atoms with Gasteiger partial charge in [-0.2, -0.15) is 0 Å². The Morgan fingerprint density at radius 1 is 1.20 bits per heavy atom. The van der Waals surface area contributed by atoms with Gasteiger partial charge in [0.25, 0.3) is 0 Å². The van der Waals surface area contributed by atoms with Crippen LogP contribution in [0, 0.1) is 11.8 Å². The van der Waals surface area contributed by atoms with Gasteiger partial charge in [0.1, 0.15) is 0 Å². The number of amides is 1. The smallest absolute Gasteiger partial charge is 0.227 e. The molecule has 108 valence electrons. The van der Waals surface area contributed by atoms with Gasteiger partial charge in [-0.3, -0.25) is 9.59 Å². The number of hydrogen-bond donors (Lipinski definition) is 2. The number of ketones is 1. The third-order valence-electron chi connectivity index (χ3n) is 4.11. The van der Waals surface area contributed by atoms with E-state index in [0.717, 1.165) is 24.9 Å². The molecule has 0 aliphatic heterocycles. The van der Waals surface area contributed by atoms with Gasteiger partial charge >= 0.3 is 0 Å². The van der Waals surface area contributed by atoms with Crippen molar-refractivity contribution in [3.8, 4) is 0 Å².